The van der Waals surface area contributed by atoms with E-state index in [0.29, 0.717) is 22.7 Å². The predicted octanol–water partition coefficient (Wildman–Crippen LogP) is 1.19. The molecular weight excluding hydrogens is 296 g/mol. The van der Waals surface area contributed by atoms with Gasteiger partial charge in [0.25, 0.3) is 5.91 Å². The molecule has 4 aromatic rings. The quantitative estimate of drug-likeness (QED) is 0.587. The first kappa shape index (κ1) is 13.1. The molecule has 0 spiro atoms. The summed E-state index contributed by atoms with van der Waals surface area (Å²) in [6, 6.07) is 1.78. The first-order valence-electron chi connectivity index (χ1n) is 6.71. The highest BCUT2D eigenvalue weighted by Crippen LogP contribution is 2.17. The van der Waals surface area contributed by atoms with Gasteiger partial charge in [0, 0.05) is 18.6 Å². The lowest BCUT2D eigenvalue weighted by atomic mass is 10.3. The van der Waals surface area contributed by atoms with Gasteiger partial charge in [-0.3, -0.25) is 9.36 Å². The second-order valence-electron chi connectivity index (χ2n) is 4.66. The Morgan fingerprint density at radius 2 is 2.04 bits per heavy atom. The normalized spacial score (nSPS) is 10.8. The maximum atomic E-state index is 12.5. The van der Waals surface area contributed by atoms with Crippen LogP contribution in [0.3, 0.4) is 0 Å². The first-order valence-corrected chi connectivity index (χ1v) is 6.71. The molecular formula is C14H10N8O. The molecule has 0 fully saturated rings. The van der Waals surface area contributed by atoms with E-state index in [4.69, 9.17) is 0 Å². The number of rotatable bonds is 3. The number of amides is 1. The number of H-pyrrole nitrogens is 1. The third-order valence-electron chi connectivity index (χ3n) is 3.16. The van der Waals surface area contributed by atoms with Gasteiger partial charge in [0.15, 0.2) is 5.69 Å². The number of fused-ring (bicyclic) bond motifs is 1. The monoisotopic (exact) mass is 306 g/mol. The van der Waals surface area contributed by atoms with Crippen LogP contribution >= 0.6 is 0 Å². The zero-order chi connectivity index (χ0) is 15.6. The third-order valence-corrected chi connectivity index (χ3v) is 3.16. The fourth-order valence-electron chi connectivity index (χ4n) is 2.14. The number of imidazole rings is 1. The number of hydrogen-bond donors (Lipinski definition) is 2. The first-order chi connectivity index (χ1) is 11.3. The van der Waals surface area contributed by atoms with Gasteiger partial charge in [-0.05, 0) is 6.07 Å². The maximum Gasteiger partial charge on any atom is 0.276 e. The average molecular weight is 306 g/mol. The van der Waals surface area contributed by atoms with Crippen molar-refractivity contribution in [3.8, 4) is 5.95 Å². The second kappa shape index (κ2) is 5.30. The van der Waals surface area contributed by atoms with Gasteiger partial charge in [-0.2, -0.15) is 0 Å². The molecule has 4 heterocycles. The Balaban J connectivity index is 1.79. The van der Waals surface area contributed by atoms with Gasteiger partial charge in [-0.15, -0.1) is 0 Å². The summed E-state index contributed by atoms with van der Waals surface area (Å²) in [5, 5.41) is 2.71. The molecule has 9 nitrogen and oxygen atoms in total. The van der Waals surface area contributed by atoms with Crippen molar-refractivity contribution < 1.29 is 4.79 Å². The van der Waals surface area contributed by atoms with Crippen molar-refractivity contribution in [2.75, 3.05) is 5.32 Å². The minimum absolute atomic E-state index is 0.229. The van der Waals surface area contributed by atoms with Crippen LogP contribution in [0.4, 0.5) is 5.69 Å². The van der Waals surface area contributed by atoms with E-state index in [0.717, 1.165) is 0 Å². The Bertz CT molecular complexity index is 961. The van der Waals surface area contributed by atoms with E-state index in [1.807, 2.05) is 0 Å². The Morgan fingerprint density at radius 1 is 1.17 bits per heavy atom. The molecule has 4 rings (SSSR count). The van der Waals surface area contributed by atoms with Crippen molar-refractivity contribution in [1.29, 1.82) is 0 Å². The number of hydrogen-bond acceptors (Lipinski definition) is 6. The van der Waals surface area contributed by atoms with Crippen molar-refractivity contribution in [3.05, 3.63) is 55.4 Å². The van der Waals surface area contributed by atoms with Gasteiger partial charge >= 0.3 is 0 Å². The van der Waals surface area contributed by atoms with Crippen LogP contribution in [-0.2, 0) is 0 Å². The van der Waals surface area contributed by atoms with Crippen molar-refractivity contribution >= 4 is 22.6 Å². The molecule has 0 unspecified atom stereocenters. The summed E-state index contributed by atoms with van der Waals surface area (Å²) in [7, 11) is 0. The number of carbonyl (C=O) groups is 1. The summed E-state index contributed by atoms with van der Waals surface area (Å²) in [6.07, 6.45) is 11.0. The molecule has 112 valence electrons. The molecule has 2 N–H and O–H groups in total. The summed E-state index contributed by atoms with van der Waals surface area (Å²) < 4.78 is 1.63. The molecule has 9 heteroatoms. The highest BCUT2D eigenvalue weighted by molar-refractivity contribution is 6.09. The minimum atomic E-state index is -0.379. The summed E-state index contributed by atoms with van der Waals surface area (Å²) in [5.74, 6) is -0.0138. The Hall–Kier alpha value is -3.62. The van der Waals surface area contributed by atoms with E-state index < -0.39 is 0 Å². The lowest BCUT2D eigenvalue weighted by molar-refractivity contribution is 0.102. The van der Waals surface area contributed by atoms with Gasteiger partial charge in [0.1, 0.15) is 12.7 Å². The molecule has 0 aliphatic rings. The summed E-state index contributed by atoms with van der Waals surface area (Å²) in [4.78, 5) is 36.0. The van der Waals surface area contributed by atoms with Crippen LogP contribution in [0.5, 0.6) is 0 Å². The number of carbonyl (C=O) groups excluding carboxylic acids is 1. The minimum Gasteiger partial charge on any atom is -0.358 e. The van der Waals surface area contributed by atoms with E-state index in [1.165, 1.54) is 18.7 Å². The van der Waals surface area contributed by atoms with E-state index in [9.17, 15) is 4.79 Å². The molecule has 0 aliphatic heterocycles. The Kier molecular flexibility index (Phi) is 3.01. The maximum absolute atomic E-state index is 12.5. The van der Waals surface area contributed by atoms with Crippen molar-refractivity contribution in [1.82, 2.24) is 34.5 Å². The van der Waals surface area contributed by atoms with Crippen LogP contribution in [0.2, 0.25) is 0 Å². The topological polar surface area (TPSA) is 114 Å². The molecule has 0 aromatic carbocycles. The lowest BCUT2D eigenvalue weighted by Crippen LogP contribution is -2.16. The largest absolute Gasteiger partial charge is 0.358 e. The number of anilines is 1. The molecule has 0 atom stereocenters. The number of aromatic nitrogens is 7. The van der Waals surface area contributed by atoms with Gasteiger partial charge in [0.2, 0.25) is 5.95 Å². The number of nitrogens with one attached hydrogen (secondary N) is 2. The lowest BCUT2D eigenvalue weighted by Gasteiger charge is -2.07. The average Bonchev–Trinajstić information content (AvgIpc) is 3.26. The fourth-order valence-corrected chi connectivity index (χ4v) is 2.14. The Labute approximate surface area is 129 Å². The van der Waals surface area contributed by atoms with E-state index in [1.54, 1.807) is 35.6 Å². The zero-order valence-electron chi connectivity index (χ0n) is 11.7. The van der Waals surface area contributed by atoms with E-state index in [-0.39, 0.29) is 11.6 Å². The molecule has 1 amide bonds. The van der Waals surface area contributed by atoms with E-state index >= 15 is 0 Å². The van der Waals surface area contributed by atoms with Crippen LogP contribution in [0, 0.1) is 0 Å². The van der Waals surface area contributed by atoms with Gasteiger partial charge in [0.05, 0.1) is 29.1 Å². The van der Waals surface area contributed by atoms with Crippen LogP contribution in [-0.4, -0.2) is 40.4 Å². The fraction of sp³-hybridized carbons (Fsp3) is 0. The molecule has 23 heavy (non-hydrogen) atoms. The van der Waals surface area contributed by atoms with Crippen molar-refractivity contribution in [3.63, 3.8) is 0 Å². The number of aromatic amines is 1. The molecule has 4 aromatic heterocycles. The standard InChI is InChI=1S/C14H10N8O/c23-13(19-9-5-16-7-17-6-9)12-11-10(1-2-18-11)20-14(21-12)22-4-3-15-8-22/h1-8,18H,(H,19,23). The summed E-state index contributed by atoms with van der Waals surface area (Å²) in [5.41, 5.74) is 1.91. The number of nitrogens with zero attached hydrogens (tertiary/aromatic N) is 6. The molecule has 0 radical (unpaired) electrons. The third kappa shape index (κ3) is 2.39. The smallest absolute Gasteiger partial charge is 0.276 e. The van der Waals surface area contributed by atoms with E-state index in [2.05, 4.69) is 35.2 Å². The summed E-state index contributed by atoms with van der Waals surface area (Å²) in [6.45, 7) is 0. The second-order valence-corrected chi connectivity index (χ2v) is 4.66. The van der Waals surface area contributed by atoms with Crippen molar-refractivity contribution in [2.45, 2.75) is 0 Å². The zero-order valence-corrected chi connectivity index (χ0v) is 11.7. The van der Waals surface area contributed by atoms with Gasteiger partial charge in [-0.1, -0.05) is 0 Å². The molecule has 0 bridgehead atoms. The Morgan fingerprint density at radius 3 is 2.83 bits per heavy atom. The highest BCUT2D eigenvalue weighted by atomic mass is 16.1. The molecule has 0 aliphatic carbocycles. The summed E-state index contributed by atoms with van der Waals surface area (Å²) >= 11 is 0. The highest BCUT2D eigenvalue weighted by Gasteiger charge is 2.17. The van der Waals surface area contributed by atoms with Gasteiger partial charge < -0.3 is 10.3 Å². The van der Waals surface area contributed by atoms with Crippen LogP contribution in [0.15, 0.2) is 49.7 Å². The van der Waals surface area contributed by atoms with Crippen LogP contribution in [0.25, 0.3) is 17.0 Å². The molecule has 0 saturated heterocycles. The van der Waals surface area contributed by atoms with Crippen LogP contribution in [0.1, 0.15) is 10.5 Å². The predicted molar refractivity (Wildman–Crippen MR) is 81.0 cm³/mol. The molecule has 0 saturated carbocycles. The van der Waals surface area contributed by atoms with Crippen molar-refractivity contribution in [2.24, 2.45) is 0 Å². The van der Waals surface area contributed by atoms with Crippen LogP contribution < -0.4 is 5.32 Å². The SMILES string of the molecule is O=C(Nc1cncnc1)c1nc(-n2ccnc2)nc2cc[nH]c12. The van der Waals surface area contributed by atoms with Gasteiger partial charge in [-0.25, -0.2) is 24.9 Å².